The fourth-order valence-electron chi connectivity index (χ4n) is 3.79. The standard InChI is InChI=1S/C22H30N2O3S/c1-5-27-17(3)9-8-14-23-22-18-10-6-7-11-20(18)24(4)28(25,26)21-15-16(2)12-13-19(21)22/h6-7,10-13,15,17,22-23H,5,8-9,14H2,1-4H3. The number of ether oxygens (including phenoxy) is 1. The molecule has 5 nitrogen and oxygen atoms in total. The molecule has 0 fully saturated rings. The average molecular weight is 403 g/mol. The van der Waals surface area contributed by atoms with Gasteiger partial charge in [0.05, 0.1) is 22.7 Å². The molecule has 0 bridgehead atoms. The van der Waals surface area contributed by atoms with Crippen LogP contribution in [-0.2, 0) is 14.8 Å². The zero-order valence-electron chi connectivity index (χ0n) is 17.1. The van der Waals surface area contributed by atoms with Gasteiger partial charge in [0.2, 0.25) is 0 Å². The molecule has 0 radical (unpaired) electrons. The summed E-state index contributed by atoms with van der Waals surface area (Å²) in [5.74, 6) is 0. The van der Waals surface area contributed by atoms with Crippen molar-refractivity contribution in [1.29, 1.82) is 0 Å². The summed E-state index contributed by atoms with van der Waals surface area (Å²) in [6, 6.07) is 13.3. The number of nitrogens with one attached hydrogen (secondary N) is 1. The maximum absolute atomic E-state index is 13.3. The number of sulfonamides is 1. The minimum absolute atomic E-state index is 0.172. The van der Waals surface area contributed by atoms with E-state index in [9.17, 15) is 8.42 Å². The van der Waals surface area contributed by atoms with Crippen molar-refractivity contribution in [3.05, 3.63) is 59.2 Å². The molecule has 1 heterocycles. The van der Waals surface area contributed by atoms with Crippen LogP contribution in [0.2, 0.25) is 0 Å². The Bertz CT molecular complexity index is 927. The lowest BCUT2D eigenvalue weighted by Crippen LogP contribution is -2.26. The van der Waals surface area contributed by atoms with E-state index < -0.39 is 10.0 Å². The number of anilines is 1. The van der Waals surface area contributed by atoms with Crippen LogP contribution in [0, 0.1) is 6.92 Å². The summed E-state index contributed by atoms with van der Waals surface area (Å²) < 4.78 is 33.5. The molecular formula is C22H30N2O3S. The molecule has 1 N–H and O–H groups in total. The van der Waals surface area contributed by atoms with Gasteiger partial charge < -0.3 is 10.1 Å². The molecule has 2 aromatic rings. The van der Waals surface area contributed by atoms with E-state index in [2.05, 4.69) is 12.2 Å². The third-order valence-electron chi connectivity index (χ3n) is 5.29. The lowest BCUT2D eigenvalue weighted by molar-refractivity contribution is 0.0688. The second-order valence-corrected chi connectivity index (χ2v) is 9.31. The van der Waals surface area contributed by atoms with Crippen LogP contribution >= 0.6 is 0 Å². The van der Waals surface area contributed by atoms with Crippen LogP contribution in [0.1, 0.15) is 49.4 Å². The number of hydrogen-bond donors (Lipinski definition) is 1. The molecule has 152 valence electrons. The van der Waals surface area contributed by atoms with E-state index >= 15 is 0 Å². The van der Waals surface area contributed by atoms with Crippen molar-refractivity contribution in [3.63, 3.8) is 0 Å². The number of para-hydroxylation sites is 1. The molecule has 2 unspecified atom stereocenters. The Morgan fingerprint density at radius 3 is 2.68 bits per heavy atom. The number of rotatable bonds is 7. The summed E-state index contributed by atoms with van der Waals surface area (Å²) in [5, 5.41) is 3.60. The van der Waals surface area contributed by atoms with Crippen LogP contribution in [0.3, 0.4) is 0 Å². The Morgan fingerprint density at radius 2 is 1.93 bits per heavy atom. The summed E-state index contributed by atoms with van der Waals surface area (Å²) in [6.45, 7) is 7.53. The largest absolute Gasteiger partial charge is 0.379 e. The Hall–Kier alpha value is -1.89. The van der Waals surface area contributed by atoms with Crippen LogP contribution in [0.5, 0.6) is 0 Å². The molecule has 1 aliphatic rings. The Kier molecular flexibility index (Phi) is 6.43. The van der Waals surface area contributed by atoms with Crippen LogP contribution in [0.4, 0.5) is 5.69 Å². The zero-order valence-corrected chi connectivity index (χ0v) is 17.9. The van der Waals surface area contributed by atoms with Crippen molar-refractivity contribution >= 4 is 15.7 Å². The van der Waals surface area contributed by atoms with E-state index in [1.807, 2.05) is 50.2 Å². The first-order chi connectivity index (χ1) is 13.4. The Morgan fingerprint density at radius 1 is 1.18 bits per heavy atom. The fraction of sp³-hybridized carbons (Fsp3) is 0.455. The maximum Gasteiger partial charge on any atom is 0.264 e. The first-order valence-corrected chi connectivity index (χ1v) is 11.3. The summed E-state index contributed by atoms with van der Waals surface area (Å²) in [7, 11) is -1.97. The minimum Gasteiger partial charge on any atom is -0.379 e. The highest BCUT2D eigenvalue weighted by atomic mass is 32.2. The lowest BCUT2D eigenvalue weighted by atomic mass is 9.96. The van der Waals surface area contributed by atoms with E-state index in [-0.39, 0.29) is 12.1 Å². The van der Waals surface area contributed by atoms with Gasteiger partial charge in [-0.3, -0.25) is 4.31 Å². The maximum atomic E-state index is 13.3. The summed E-state index contributed by atoms with van der Waals surface area (Å²) in [5.41, 5.74) is 3.44. The van der Waals surface area contributed by atoms with Crippen molar-refractivity contribution in [1.82, 2.24) is 5.32 Å². The number of fused-ring (bicyclic) bond motifs is 2. The molecule has 3 rings (SSSR count). The lowest BCUT2D eigenvalue weighted by Gasteiger charge is -2.22. The second kappa shape index (κ2) is 8.64. The van der Waals surface area contributed by atoms with E-state index in [1.54, 1.807) is 13.1 Å². The molecule has 1 aliphatic heterocycles. The SMILES string of the molecule is CCOC(C)CCCNC1c2ccccc2N(C)S(=O)(=O)c2cc(C)ccc21. The van der Waals surface area contributed by atoms with Gasteiger partial charge in [-0.15, -0.1) is 0 Å². The third-order valence-corrected chi connectivity index (χ3v) is 7.12. The van der Waals surface area contributed by atoms with Crippen molar-refractivity contribution in [2.75, 3.05) is 24.5 Å². The van der Waals surface area contributed by atoms with Gasteiger partial charge in [-0.25, -0.2) is 8.42 Å². The first kappa shape index (κ1) is 20.8. The highest BCUT2D eigenvalue weighted by Crippen LogP contribution is 2.40. The predicted molar refractivity (Wildman–Crippen MR) is 113 cm³/mol. The average Bonchev–Trinajstić information content (AvgIpc) is 2.73. The molecule has 0 saturated carbocycles. The molecule has 2 aromatic carbocycles. The van der Waals surface area contributed by atoms with Crippen molar-refractivity contribution in [2.24, 2.45) is 0 Å². The quantitative estimate of drug-likeness (QED) is 0.711. The smallest absolute Gasteiger partial charge is 0.264 e. The van der Waals surface area contributed by atoms with Crippen LogP contribution < -0.4 is 9.62 Å². The van der Waals surface area contributed by atoms with Gasteiger partial charge in [-0.1, -0.05) is 30.3 Å². The van der Waals surface area contributed by atoms with E-state index in [0.29, 0.717) is 4.90 Å². The number of hydrogen-bond acceptors (Lipinski definition) is 4. The summed E-state index contributed by atoms with van der Waals surface area (Å²) in [4.78, 5) is 0.381. The van der Waals surface area contributed by atoms with Gasteiger partial charge in [0.1, 0.15) is 0 Å². The Balaban J connectivity index is 1.96. The Labute approximate surface area is 168 Å². The molecule has 0 aromatic heterocycles. The van der Waals surface area contributed by atoms with Gasteiger partial charge in [-0.2, -0.15) is 0 Å². The first-order valence-electron chi connectivity index (χ1n) is 9.89. The van der Waals surface area contributed by atoms with Gasteiger partial charge in [0.15, 0.2) is 0 Å². The van der Waals surface area contributed by atoms with Crippen LogP contribution in [-0.4, -0.2) is 34.7 Å². The third kappa shape index (κ3) is 4.09. The van der Waals surface area contributed by atoms with Crippen molar-refractivity contribution in [3.8, 4) is 0 Å². The van der Waals surface area contributed by atoms with E-state index in [1.165, 1.54) is 4.31 Å². The second-order valence-electron chi connectivity index (χ2n) is 7.37. The molecule has 6 heteroatoms. The predicted octanol–water partition coefficient (Wildman–Crippen LogP) is 4.02. The normalized spacial score (nSPS) is 18.9. The molecule has 0 amide bonds. The molecule has 2 atom stereocenters. The van der Waals surface area contributed by atoms with Gasteiger partial charge in [-0.05, 0) is 69.0 Å². The molecule has 0 aliphatic carbocycles. The highest BCUT2D eigenvalue weighted by molar-refractivity contribution is 7.92. The van der Waals surface area contributed by atoms with Gasteiger partial charge in [0.25, 0.3) is 10.0 Å². The molecular weight excluding hydrogens is 372 g/mol. The van der Waals surface area contributed by atoms with Crippen LogP contribution in [0.25, 0.3) is 0 Å². The minimum atomic E-state index is -3.60. The molecule has 0 saturated heterocycles. The van der Waals surface area contributed by atoms with E-state index in [0.717, 1.165) is 48.4 Å². The van der Waals surface area contributed by atoms with Gasteiger partial charge in [0, 0.05) is 13.7 Å². The van der Waals surface area contributed by atoms with Crippen molar-refractivity contribution < 1.29 is 13.2 Å². The van der Waals surface area contributed by atoms with Crippen molar-refractivity contribution in [2.45, 2.75) is 50.7 Å². The molecule has 28 heavy (non-hydrogen) atoms. The number of nitrogens with zero attached hydrogens (tertiary/aromatic N) is 1. The summed E-state index contributed by atoms with van der Waals surface area (Å²) >= 11 is 0. The number of benzene rings is 2. The molecule has 0 spiro atoms. The van der Waals surface area contributed by atoms with Gasteiger partial charge >= 0.3 is 0 Å². The fourth-order valence-corrected chi connectivity index (χ4v) is 5.33. The monoisotopic (exact) mass is 402 g/mol. The summed E-state index contributed by atoms with van der Waals surface area (Å²) in [6.07, 6.45) is 2.16. The highest BCUT2D eigenvalue weighted by Gasteiger charge is 2.34. The van der Waals surface area contributed by atoms with E-state index in [4.69, 9.17) is 4.74 Å². The zero-order chi connectivity index (χ0) is 20.3. The van der Waals surface area contributed by atoms with Crippen LogP contribution in [0.15, 0.2) is 47.4 Å². The number of aryl methyl sites for hydroxylation is 1. The topological polar surface area (TPSA) is 58.6 Å².